The van der Waals surface area contributed by atoms with Crippen molar-refractivity contribution in [2.45, 2.75) is 30.7 Å². The van der Waals surface area contributed by atoms with Crippen molar-refractivity contribution >= 4 is 5.82 Å². The van der Waals surface area contributed by atoms with Crippen LogP contribution in [0.5, 0.6) is 0 Å². The third-order valence-corrected chi connectivity index (χ3v) is 5.75. The Morgan fingerprint density at radius 1 is 1.42 bits per heavy atom. The summed E-state index contributed by atoms with van der Waals surface area (Å²) < 4.78 is 46.3. The third-order valence-electron chi connectivity index (χ3n) is 5.75. The lowest BCUT2D eigenvalue weighted by atomic mass is 9.73. The number of hydrogen-bond acceptors (Lipinski definition) is 4. The van der Waals surface area contributed by atoms with E-state index in [4.69, 9.17) is 4.74 Å². The van der Waals surface area contributed by atoms with E-state index < -0.39 is 11.7 Å². The fraction of sp³-hybridized carbons (Fsp3) is 0.706. The number of alkyl halides is 3. The van der Waals surface area contributed by atoms with E-state index in [1.54, 1.807) is 4.90 Å². The molecule has 0 radical (unpaired) electrons. The summed E-state index contributed by atoms with van der Waals surface area (Å²) in [6, 6.07) is 2.46. The van der Waals surface area contributed by atoms with Gasteiger partial charge in [-0.15, -0.1) is 0 Å². The molecule has 1 aromatic rings. The van der Waals surface area contributed by atoms with E-state index in [0.29, 0.717) is 19.0 Å². The molecule has 4 heterocycles. The Balaban J connectivity index is 1.64. The van der Waals surface area contributed by atoms with Crippen molar-refractivity contribution in [1.29, 1.82) is 0 Å². The Kier molecular flexibility index (Phi) is 3.58. The number of halogens is 3. The molecule has 3 saturated heterocycles. The highest BCUT2D eigenvalue weighted by Crippen LogP contribution is 2.55. The number of nitrogens with zero attached hydrogens (tertiary/aromatic N) is 3. The zero-order valence-corrected chi connectivity index (χ0v) is 13.9. The van der Waals surface area contributed by atoms with Crippen molar-refractivity contribution < 1.29 is 17.9 Å². The highest BCUT2D eigenvalue weighted by molar-refractivity contribution is 5.51. The molecule has 1 aromatic heterocycles. The molecule has 0 amide bonds. The number of fused-ring (bicyclic) bond motifs is 1. The number of rotatable bonds is 3. The van der Waals surface area contributed by atoms with E-state index >= 15 is 0 Å². The van der Waals surface area contributed by atoms with Gasteiger partial charge in [0.2, 0.25) is 0 Å². The normalized spacial score (nSPS) is 35.1. The maximum absolute atomic E-state index is 13.3. The lowest BCUT2D eigenvalue weighted by molar-refractivity contribution is -0.137. The van der Waals surface area contributed by atoms with E-state index in [-0.39, 0.29) is 23.4 Å². The number of aromatic nitrogens is 1. The van der Waals surface area contributed by atoms with Crippen molar-refractivity contribution in [2.24, 2.45) is 11.8 Å². The highest BCUT2D eigenvalue weighted by Gasteiger charge is 2.63. The van der Waals surface area contributed by atoms with Crippen LogP contribution in [0.2, 0.25) is 0 Å². The molecule has 3 aliphatic heterocycles. The lowest BCUT2D eigenvalue weighted by Gasteiger charge is -2.30. The Morgan fingerprint density at radius 2 is 2.21 bits per heavy atom. The van der Waals surface area contributed by atoms with E-state index in [2.05, 4.69) is 9.88 Å². The minimum atomic E-state index is -4.39. The second-order valence-corrected chi connectivity index (χ2v) is 7.55. The van der Waals surface area contributed by atoms with Gasteiger partial charge in [-0.1, -0.05) is 0 Å². The summed E-state index contributed by atoms with van der Waals surface area (Å²) in [5.41, 5.74) is -0.939. The first-order valence-corrected chi connectivity index (χ1v) is 8.40. The molecule has 3 fully saturated rings. The summed E-state index contributed by atoms with van der Waals surface area (Å²) in [5.74, 6) is 0.711. The topological polar surface area (TPSA) is 28.6 Å². The van der Waals surface area contributed by atoms with Gasteiger partial charge < -0.3 is 14.5 Å². The predicted molar refractivity (Wildman–Crippen MR) is 83.8 cm³/mol. The Hall–Kier alpha value is -1.34. The molecule has 4 atom stereocenters. The molecule has 0 aliphatic carbocycles. The van der Waals surface area contributed by atoms with Crippen LogP contribution in [0.25, 0.3) is 0 Å². The van der Waals surface area contributed by atoms with Crippen molar-refractivity contribution in [3.05, 3.63) is 23.9 Å². The fourth-order valence-electron chi connectivity index (χ4n) is 4.89. The first kappa shape index (κ1) is 16.1. The number of hydrogen-bond donors (Lipinski definition) is 0. The highest BCUT2D eigenvalue weighted by atomic mass is 19.4. The molecular formula is C17H22F3N3O. The second kappa shape index (κ2) is 5.33. The smallest absolute Gasteiger partial charge is 0.369 e. The molecule has 1 spiro atoms. The largest absolute Gasteiger partial charge is 0.419 e. The summed E-state index contributed by atoms with van der Waals surface area (Å²) in [6.45, 7) is 2.02. The van der Waals surface area contributed by atoms with Crippen molar-refractivity contribution in [2.75, 3.05) is 38.6 Å². The predicted octanol–water partition coefficient (Wildman–Crippen LogP) is 2.65. The molecular weight excluding hydrogens is 319 g/mol. The maximum atomic E-state index is 13.3. The van der Waals surface area contributed by atoms with Crippen LogP contribution >= 0.6 is 0 Å². The van der Waals surface area contributed by atoms with Gasteiger partial charge in [-0.3, -0.25) is 0 Å². The van der Waals surface area contributed by atoms with Crippen LogP contribution in [0.15, 0.2) is 18.3 Å². The molecule has 132 valence electrons. The van der Waals surface area contributed by atoms with Gasteiger partial charge in [-0.25, -0.2) is 4.98 Å². The van der Waals surface area contributed by atoms with Crippen LogP contribution in [0.4, 0.5) is 19.0 Å². The van der Waals surface area contributed by atoms with Gasteiger partial charge in [0, 0.05) is 37.7 Å². The minimum absolute atomic E-state index is 0.0458. The molecule has 4 rings (SSSR count). The molecule has 0 unspecified atom stereocenters. The first-order chi connectivity index (χ1) is 11.3. The van der Waals surface area contributed by atoms with E-state index in [1.807, 2.05) is 14.1 Å². The minimum Gasteiger partial charge on any atom is -0.369 e. The first-order valence-electron chi connectivity index (χ1n) is 8.40. The van der Waals surface area contributed by atoms with Crippen molar-refractivity contribution in [3.63, 3.8) is 0 Å². The Morgan fingerprint density at radius 3 is 2.92 bits per heavy atom. The third kappa shape index (κ3) is 2.40. The average Bonchev–Trinajstić information content (AvgIpc) is 3.15. The number of anilines is 1. The van der Waals surface area contributed by atoms with E-state index in [1.165, 1.54) is 12.3 Å². The van der Waals surface area contributed by atoms with E-state index in [9.17, 15) is 13.2 Å². The van der Waals surface area contributed by atoms with Gasteiger partial charge in [0.15, 0.2) is 0 Å². The molecule has 7 heteroatoms. The van der Waals surface area contributed by atoms with Crippen LogP contribution in [0, 0.1) is 11.8 Å². The quantitative estimate of drug-likeness (QED) is 0.845. The van der Waals surface area contributed by atoms with Gasteiger partial charge in [0.05, 0.1) is 17.3 Å². The molecule has 0 saturated carbocycles. The maximum Gasteiger partial charge on any atom is 0.419 e. The van der Waals surface area contributed by atoms with Gasteiger partial charge in [0.25, 0.3) is 0 Å². The van der Waals surface area contributed by atoms with Gasteiger partial charge in [-0.05, 0) is 39.1 Å². The molecule has 2 bridgehead atoms. The van der Waals surface area contributed by atoms with Crippen molar-refractivity contribution in [1.82, 2.24) is 9.88 Å². The Labute approximate surface area is 139 Å². The SMILES string of the molecule is CN(C)C[C@H]1[C@H]2CN(c3ncccc3C(F)(F)F)C[C@]23CC[C@H]1O3. The van der Waals surface area contributed by atoms with Gasteiger partial charge in [-0.2, -0.15) is 13.2 Å². The van der Waals surface area contributed by atoms with Crippen LogP contribution in [0.1, 0.15) is 18.4 Å². The second-order valence-electron chi connectivity index (χ2n) is 7.55. The molecule has 4 nitrogen and oxygen atoms in total. The molecule has 0 aromatic carbocycles. The van der Waals surface area contributed by atoms with Gasteiger partial charge in [0.1, 0.15) is 5.82 Å². The fourth-order valence-corrected chi connectivity index (χ4v) is 4.89. The monoisotopic (exact) mass is 341 g/mol. The lowest BCUT2D eigenvalue weighted by Crippen LogP contribution is -2.40. The zero-order chi connectivity index (χ0) is 17.1. The summed E-state index contributed by atoms with van der Waals surface area (Å²) in [4.78, 5) is 7.99. The standard InChI is InChI=1S/C17H22F3N3O/c1-22(2)8-11-13-9-23(10-16(13)6-5-14(11)24-16)15-12(17(18,19)20)4-3-7-21-15/h3-4,7,11,13-14H,5-6,8-10H2,1-2H3/t11-,13+,14+,16+/m0/s1. The van der Waals surface area contributed by atoms with Crippen LogP contribution in [0.3, 0.4) is 0 Å². The summed E-state index contributed by atoms with van der Waals surface area (Å²) in [5, 5.41) is 0. The molecule has 0 N–H and O–H groups in total. The zero-order valence-electron chi connectivity index (χ0n) is 13.9. The molecule has 24 heavy (non-hydrogen) atoms. The number of ether oxygens (including phenoxy) is 1. The van der Waals surface area contributed by atoms with E-state index in [0.717, 1.165) is 25.5 Å². The average molecular weight is 341 g/mol. The summed E-state index contributed by atoms with van der Waals surface area (Å²) in [7, 11) is 4.07. The van der Waals surface area contributed by atoms with Crippen LogP contribution in [-0.4, -0.2) is 55.3 Å². The molecule has 3 aliphatic rings. The summed E-state index contributed by atoms with van der Waals surface area (Å²) >= 11 is 0. The number of pyridine rings is 1. The van der Waals surface area contributed by atoms with Crippen LogP contribution < -0.4 is 4.90 Å². The van der Waals surface area contributed by atoms with Crippen molar-refractivity contribution in [3.8, 4) is 0 Å². The Bertz CT molecular complexity index is 636. The van der Waals surface area contributed by atoms with Gasteiger partial charge >= 0.3 is 6.18 Å². The summed E-state index contributed by atoms with van der Waals surface area (Å²) in [6.07, 6.45) is -0.744. The van der Waals surface area contributed by atoms with Crippen LogP contribution in [-0.2, 0) is 10.9 Å².